The number of fused-ring (bicyclic) bond motifs is 2. The number of likely N-dealkylation sites (tertiary alicyclic amines) is 1. The van der Waals surface area contributed by atoms with E-state index >= 15 is 0 Å². The molecule has 6 rings (SSSR count). The zero-order valence-corrected chi connectivity index (χ0v) is 22.0. The smallest absolute Gasteiger partial charge is 0.339 e. The summed E-state index contributed by atoms with van der Waals surface area (Å²) in [5, 5.41) is 4.05. The second-order valence-corrected chi connectivity index (χ2v) is 10.6. The molecule has 2 aliphatic heterocycles. The Kier molecular flexibility index (Phi) is 6.96. The van der Waals surface area contributed by atoms with Crippen molar-refractivity contribution in [2.45, 2.75) is 25.1 Å². The number of amides is 2. The third kappa shape index (κ3) is 5.04. The van der Waals surface area contributed by atoms with Crippen LogP contribution in [0.2, 0.25) is 0 Å². The minimum absolute atomic E-state index is 0.0598. The lowest BCUT2D eigenvalue weighted by atomic mass is 9.95. The molecular weight excluding hydrogens is 515 g/mol. The minimum atomic E-state index is -4.42. The summed E-state index contributed by atoms with van der Waals surface area (Å²) in [7, 11) is 0. The quantitative estimate of drug-likeness (QED) is 0.294. The first kappa shape index (κ1) is 26.3. The highest BCUT2D eigenvalue weighted by Crippen LogP contribution is 2.31. The van der Waals surface area contributed by atoms with Crippen LogP contribution >= 0.6 is 0 Å². The number of rotatable bonds is 3. The standard InChI is InChI=1S/C32H30F3N3O2/c33-32(34,35)25-11-9-22(10-12-25)30(39)37-15-13-26(14-16-37)36-17-19-38(20-18-36)31(40)29-27-7-3-1-5-23(27)21-24-6-2-4-8-28(24)29/h1-12,21,26H,13-20H2. The first-order valence-electron chi connectivity index (χ1n) is 13.7. The average molecular weight is 546 g/mol. The molecule has 0 saturated carbocycles. The molecule has 4 aromatic rings. The molecular formula is C32H30F3N3O2. The molecule has 0 aromatic heterocycles. The Hall–Kier alpha value is -3.91. The third-order valence-electron chi connectivity index (χ3n) is 8.31. The van der Waals surface area contributed by atoms with Crippen LogP contribution < -0.4 is 0 Å². The Bertz CT molecular complexity index is 1500. The fourth-order valence-electron chi connectivity index (χ4n) is 6.11. The van der Waals surface area contributed by atoms with Crippen LogP contribution in [0.4, 0.5) is 13.2 Å². The summed E-state index contributed by atoms with van der Waals surface area (Å²) in [5.41, 5.74) is 0.283. The molecule has 0 bridgehead atoms. The van der Waals surface area contributed by atoms with Gasteiger partial charge in [-0.05, 0) is 64.7 Å². The van der Waals surface area contributed by atoms with Crippen molar-refractivity contribution in [3.05, 3.63) is 95.6 Å². The number of benzene rings is 4. The summed E-state index contributed by atoms with van der Waals surface area (Å²) in [6.07, 6.45) is -2.82. The zero-order chi connectivity index (χ0) is 27.9. The number of nitrogens with zero attached hydrogens (tertiary/aromatic N) is 3. The van der Waals surface area contributed by atoms with Gasteiger partial charge in [0, 0.05) is 50.9 Å². The van der Waals surface area contributed by atoms with Gasteiger partial charge in [-0.3, -0.25) is 14.5 Å². The number of alkyl halides is 3. The van der Waals surface area contributed by atoms with Crippen molar-refractivity contribution in [1.82, 2.24) is 14.7 Å². The predicted molar refractivity (Wildman–Crippen MR) is 149 cm³/mol. The molecule has 2 fully saturated rings. The molecule has 2 amide bonds. The molecule has 2 saturated heterocycles. The van der Waals surface area contributed by atoms with Crippen LogP contribution in [-0.2, 0) is 6.18 Å². The van der Waals surface area contributed by atoms with Crippen LogP contribution in [0.1, 0.15) is 39.1 Å². The number of piperidine rings is 1. The number of hydrogen-bond acceptors (Lipinski definition) is 3. The van der Waals surface area contributed by atoms with Gasteiger partial charge in [-0.2, -0.15) is 13.2 Å². The number of halogens is 3. The van der Waals surface area contributed by atoms with Crippen LogP contribution in [0.25, 0.3) is 21.5 Å². The van der Waals surface area contributed by atoms with Crippen LogP contribution in [-0.4, -0.2) is 71.8 Å². The summed E-state index contributed by atoms with van der Waals surface area (Å²) in [5.74, 6) is -0.172. The van der Waals surface area contributed by atoms with Gasteiger partial charge in [-0.25, -0.2) is 0 Å². The van der Waals surface area contributed by atoms with E-state index in [0.717, 1.165) is 65.2 Å². The van der Waals surface area contributed by atoms with E-state index in [4.69, 9.17) is 0 Å². The Morgan fingerprint density at radius 2 is 1.18 bits per heavy atom. The van der Waals surface area contributed by atoms with E-state index in [1.165, 1.54) is 12.1 Å². The van der Waals surface area contributed by atoms with Crippen LogP contribution in [0.3, 0.4) is 0 Å². The topological polar surface area (TPSA) is 43.9 Å². The first-order chi connectivity index (χ1) is 19.3. The van der Waals surface area contributed by atoms with E-state index < -0.39 is 11.7 Å². The summed E-state index contributed by atoms with van der Waals surface area (Å²) < 4.78 is 38.6. The Morgan fingerprint density at radius 3 is 1.73 bits per heavy atom. The molecule has 0 spiro atoms. The van der Waals surface area contributed by atoms with Gasteiger partial charge in [-0.1, -0.05) is 48.5 Å². The van der Waals surface area contributed by atoms with Gasteiger partial charge in [0.15, 0.2) is 0 Å². The van der Waals surface area contributed by atoms with Crippen molar-refractivity contribution >= 4 is 33.4 Å². The molecule has 5 nitrogen and oxygen atoms in total. The number of carbonyl (C=O) groups excluding carboxylic acids is 2. The highest BCUT2D eigenvalue weighted by Gasteiger charge is 2.33. The number of hydrogen-bond donors (Lipinski definition) is 0. The van der Waals surface area contributed by atoms with E-state index in [1.54, 1.807) is 4.90 Å². The molecule has 4 aromatic carbocycles. The van der Waals surface area contributed by atoms with Crippen molar-refractivity contribution in [2.75, 3.05) is 39.3 Å². The molecule has 206 valence electrons. The maximum atomic E-state index is 13.8. The van der Waals surface area contributed by atoms with Crippen LogP contribution in [0.15, 0.2) is 78.9 Å². The summed E-state index contributed by atoms with van der Waals surface area (Å²) in [6.45, 7) is 3.94. The van der Waals surface area contributed by atoms with Crippen LogP contribution in [0, 0.1) is 0 Å². The molecule has 2 aliphatic rings. The summed E-state index contributed by atoms with van der Waals surface area (Å²) in [4.78, 5) is 32.8. The average Bonchev–Trinajstić information content (AvgIpc) is 2.99. The Labute approximate surface area is 230 Å². The molecule has 0 aliphatic carbocycles. The van der Waals surface area contributed by atoms with Crippen molar-refractivity contribution in [3.63, 3.8) is 0 Å². The summed E-state index contributed by atoms with van der Waals surface area (Å²) >= 11 is 0. The van der Waals surface area contributed by atoms with Gasteiger partial charge in [0.25, 0.3) is 11.8 Å². The highest BCUT2D eigenvalue weighted by molar-refractivity contribution is 6.18. The molecule has 40 heavy (non-hydrogen) atoms. The zero-order valence-electron chi connectivity index (χ0n) is 22.0. The van der Waals surface area contributed by atoms with Crippen molar-refractivity contribution in [2.24, 2.45) is 0 Å². The summed E-state index contributed by atoms with van der Waals surface area (Å²) in [6, 6.07) is 22.9. The van der Waals surface area contributed by atoms with Crippen molar-refractivity contribution in [3.8, 4) is 0 Å². The Balaban J connectivity index is 1.08. The van der Waals surface area contributed by atoms with Gasteiger partial charge in [-0.15, -0.1) is 0 Å². The molecule has 0 unspecified atom stereocenters. The maximum absolute atomic E-state index is 13.8. The second-order valence-electron chi connectivity index (χ2n) is 10.6. The van der Waals surface area contributed by atoms with Gasteiger partial charge in [0.2, 0.25) is 0 Å². The van der Waals surface area contributed by atoms with Gasteiger partial charge in [0.1, 0.15) is 0 Å². The lowest BCUT2D eigenvalue weighted by molar-refractivity contribution is -0.137. The van der Waals surface area contributed by atoms with E-state index in [9.17, 15) is 22.8 Å². The largest absolute Gasteiger partial charge is 0.416 e. The van der Waals surface area contributed by atoms with Gasteiger partial charge < -0.3 is 9.80 Å². The molecule has 2 heterocycles. The van der Waals surface area contributed by atoms with E-state index in [2.05, 4.69) is 11.0 Å². The van der Waals surface area contributed by atoms with E-state index in [1.807, 2.05) is 53.4 Å². The van der Waals surface area contributed by atoms with Crippen molar-refractivity contribution in [1.29, 1.82) is 0 Å². The molecule has 8 heteroatoms. The number of piperazine rings is 1. The first-order valence-corrected chi connectivity index (χ1v) is 13.7. The highest BCUT2D eigenvalue weighted by atomic mass is 19.4. The van der Waals surface area contributed by atoms with Gasteiger partial charge >= 0.3 is 6.18 Å². The molecule has 0 atom stereocenters. The SMILES string of the molecule is O=C(c1ccc(C(F)(F)F)cc1)N1CCC(N2CCN(C(=O)c3c4ccccc4cc4ccccc34)CC2)CC1. The number of carbonyl (C=O) groups is 2. The Morgan fingerprint density at radius 1 is 0.650 bits per heavy atom. The maximum Gasteiger partial charge on any atom is 0.416 e. The molecule has 0 radical (unpaired) electrons. The monoisotopic (exact) mass is 545 g/mol. The third-order valence-corrected chi connectivity index (χ3v) is 8.31. The van der Waals surface area contributed by atoms with Gasteiger partial charge in [0.05, 0.1) is 11.1 Å². The van der Waals surface area contributed by atoms with Crippen molar-refractivity contribution < 1.29 is 22.8 Å². The fraction of sp³-hybridized carbons (Fsp3) is 0.312. The lowest BCUT2D eigenvalue weighted by Gasteiger charge is -2.43. The fourth-order valence-corrected chi connectivity index (χ4v) is 6.11. The van der Waals surface area contributed by atoms with E-state index in [0.29, 0.717) is 32.2 Å². The second kappa shape index (κ2) is 10.6. The van der Waals surface area contributed by atoms with Crippen LogP contribution in [0.5, 0.6) is 0 Å². The normalized spacial score (nSPS) is 17.5. The van der Waals surface area contributed by atoms with E-state index in [-0.39, 0.29) is 17.4 Å². The lowest BCUT2D eigenvalue weighted by Crippen LogP contribution is -2.54. The molecule has 0 N–H and O–H groups in total. The predicted octanol–water partition coefficient (Wildman–Crippen LogP) is 6.07. The minimum Gasteiger partial charge on any atom is -0.339 e.